The fourth-order valence-corrected chi connectivity index (χ4v) is 4.32. The van der Waals surface area contributed by atoms with Crippen LogP contribution in [0.15, 0.2) is 97.1 Å². The molecule has 0 aliphatic carbocycles. The van der Waals surface area contributed by atoms with Gasteiger partial charge in [-0.3, -0.25) is 20.2 Å². The molecule has 4 rings (SSSR count). The first kappa shape index (κ1) is 26.3. The summed E-state index contributed by atoms with van der Waals surface area (Å²) in [5.74, 6) is 3.13. The van der Waals surface area contributed by atoms with Crippen LogP contribution in [0.1, 0.15) is 49.7 Å². The first-order valence-electron chi connectivity index (χ1n) is 12.4. The maximum absolute atomic E-state index is 10.8. The summed E-state index contributed by atoms with van der Waals surface area (Å²) in [5, 5.41) is 21.6. The van der Waals surface area contributed by atoms with Crippen LogP contribution in [0.2, 0.25) is 0 Å². The van der Waals surface area contributed by atoms with Crippen LogP contribution in [0, 0.1) is 20.2 Å². The van der Waals surface area contributed by atoms with Crippen molar-refractivity contribution in [2.24, 2.45) is 0 Å². The predicted molar refractivity (Wildman–Crippen MR) is 145 cm³/mol. The fraction of sp³-hybridized carbons (Fsp3) is 0.200. The fourth-order valence-electron chi connectivity index (χ4n) is 4.32. The van der Waals surface area contributed by atoms with Crippen LogP contribution >= 0.6 is 0 Å². The molecule has 38 heavy (non-hydrogen) atoms. The number of nitrogens with zero attached hydrogens (tertiary/aromatic N) is 2. The molecule has 0 heterocycles. The van der Waals surface area contributed by atoms with E-state index in [2.05, 4.69) is 38.1 Å². The largest absolute Gasteiger partial charge is 0.457 e. The monoisotopic (exact) mass is 512 g/mol. The summed E-state index contributed by atoms with van der Waals surface area (Å²) in [4.78, 5) is 20.8. The third kappa shape index (κ3) is 6.73. The minimum absolute atomic E-state index is 0.0265. The second kappa shape index (κ2) is 12.0. The van der Waals surface area contributed by atoms with E-state index in [-0.39, 0.29) is 11.4 Å². The summed E-state index contributed by atoms with van der Waals surface area (Å²) in [6.07, 6.45) is 1.97. The van der Waals surface area contributed by atoms with Crippen molar-refractivity contribution in [2.75, 3.05) is 0 Å². The summed E-state index contributed by atoms with van der Waals surface area (Å²) < 4.78 is 11.7. The Morgan fingerprint density at radius 1 is 0.605 bits per heavy atom. The van der Waals surface area contributed by atoms with Crippen molar-refractivity contribution in [1.82, 2.24) is 0 Å². The minimum Gasteiger partial charge on any atom is -0.457 e. The number of benzene rings is 4. The summed E-state index contributed by atoms with van der Waals surface area (Å²) in [7, 11) is 0. The Bertz CT molecular complexity index is 1370. The van der Waals surface area contributed by atoms with Gasteiger partial charge >= 0.3 is 0 Å². The average molecular weight is 513 g/mol. The zero-order chi connectivity index (χ0) is 27.1. The molecule has 0 radical (unpaired) electrons. The van der Waals surface area contributed by atoms with Gasteiger partial charge < -0.3 is 9.47 Å². The summed E-state index contributed by atoms with van der Waals surface area (Å²) >= 11 is 0. The van der Waals surface area contributed by atoms with Crippen molar-refractivity contribution in [3.63, 3.8) is 0 Å². The molecule has 0 amide bonds. The molecule has 0 aliphatic rings. The standard InChI is InChI=1S/C30H28N2O6/c1-3-22(24-6-14-28(15-7-24)38-30-18-10-26(11-19-30)32(35)36)20-21(2)23-4-12-27(13-5-23)37-29-16-8-25(9-17-29)31(33)34/h4-19,21-22H,3,20H2,1-2H3. The van der Waals surface area contributed by atoms with Gasteiger partial charge in [-0.15, -0.1) is 0 Å². The smallest absolute Gasteiger partial charge is 0.269 e. The Morgan fingerprint density at radius 2 is 0.947 bits per heavy atom. The van der Waals surface area contributed by atoms with Crippen LogP contribution < -0.4 is 9.47 Å². The van der Waals surface area contributed by atoms with E-state index >= 15 is 0 Å². The Morgan fingerprint density at radius 3 is 1.29 bits per heavy atom. The third-order valence-electron chi connectivity index (χ3n) is 6.50. The molecule has 0 saturated carbocycles. The highest BCUT2D eigenvalue weighted by Crippen LogP contribution is 2.34. The third-order valence-corrected chi connectivity index (χ3v) is 6.50. The Kier molecular flexibility index (Phi) is 8.33. The molecule has 4 aromatic rings. The molecule has 0 aliphatic heterocycles. The van der Waals surface area contributed by atoms with Crippen molar-refractivity contribution >= 4 is 11.4 Å². The first-order chi connectivity index (χ1) is 18.3. The lowest BCUT2D eigenvalue weighted by atomic mass is 9.84. The van der Waals surface area contributed by atoms with Gasteiger partial charge in [0.1, 0.15) is 23.0 Å². The van der Waals surface area contributed by atoms with Crippen molar-refractivity contribution in [3.8, 4) is 23.0 Å². The molecule has 0 spiro atoms. The zero-order valence-corrected chi connectivity index (χ0v) is 21.2. The van der Waals surface area contributed by atoms with Gasteiger partial charge in [0.15, 0.2) is 0 Å². The highest BCUT2D eigenvalue weighted by Gasteiger charge is 2.16. The van der Waals surface area contributed by atoms with Gasteiger partial charge in [-0.05, 0) is 84.3 Å². The average Bonchev–Trinajstić information content (AvgIpc) is 2.93. The lowest BCUT2D eigenvalue weighted by Gasteiger charge is -2.21. The molecule has 0 aromatic heterocycles. The topological polar surface area (TPSA) is 105 Å². The Hall–Kier alpha value is -4.72. The number of rotatable bonds is 11. The number of nitro benzene ring substituents is 2. The van der Waals surface area contributed by atoms with Gasteiger partial charge in [0.25, 0.3) is 11.4 Å². The summed E-state index contributed by atoms with van der Waals surface area (Å²) in [5.41, 5.74) is 2.49. The second-order valence-corrected chi connectivity index (χ2v) is 9.09. The molecular formula is C30H28N2O6. The number of non-ortho nitro benzene ring substituents is 2. The number of hydrogen-bond acceptors (Lipinski definition) is 6. The van der Waals surface area contributed by atoms with E-state index in [0.717, 1.165) is 12.8 Å². The number of hydrogen-bond donors (Lipinski definition) is 0. The summed E-state index contributed by atoms with van der Waals surface area (Å²) in [6, 6.07) is 28.0. The number of nitro groups is 2. The van der Waals surface area contributed by atoms with E-state index in [9.17, 15) is 20.2 Å². The maximum atomic E-state index is 10.8. The van der Waals surface area contributed by atoms with Gasteiger partial charge in [0, 0.05) is 24.3 Å². The van der Waals surface area contributed by atoms with Crippen LogP contribution in [0.25, 0.3) is 0 Å². The molecule has 2 unspecified atom stereocenters. The second-order valence-electron chi connectivity index (χ2n) is 9.09. The molecule has 194 valence electrons. The molecule has 0 saturated heterocycles. The van der Waals surface area contributed by atoms with Crippen molar-refractivity contribution < 1.29 is 19.3 Å². The van der Waals surface area contributed by atoms with Gasteiger partial charge in [-0.25, -0.2) is 0 Å². The first-order valence-corrected chi connectivity index (χ1v) is 12.4. The van der Waals surface area contributed by atoms with Crippen LogP contribution in [-0.4, -0.2) is 9.85 Å². The van der Waals surface area contributed by atoms with E-state index in [0.29, 0.717) is 34.8 Å². The maximum Gasteiger partial charge on any atom is 0.269 e. The molecular weight excluding hydrogens is 484 g/mol. The predicted octanol–water partition coefficient (Wildman–Crippen LogP) is 8.78. The molecule has 0 N–H and O–H groups in total. The van der Waals surface area contributed by atoms with E-state index in [4.69, 9.17) is 9.47 Å². The number of ether oxygens (including phenoxy) is 2. The van der Waals surface area contributed by atoms with E-state index in [1.165, 1.54) is 35.4 Å². The summed E-state index contributed by atoms with van der Waals surface area (Å²) in [6.45, 7) is 4.39. The molecule has 8 nitrogen and oxygen atoms in total. The lowest BCUT2D eigenvalue weighted by molar-refractivity contribution is -0.385. The van der Waals surface area contributed by atoms with E-state index in [1.54, 1.807) is 24.3 Å². The molecule has 4 aromatic carbocycles. The van der Waals surface area contributed by atoms with Crippen molar-refractivity contribution in [2.45, 2.75) is 38.5 Å². The van der Waals surface area contributed by atoms with Gasteiger partial charge in [0.2, 0.25) is 0 Å². The minimum atomic E-state index is -0.437. The Labute approximate surface area is 220 Å². The lowest BCUT2D eigenvalue weighted by Crippen LogP contribution is -2.04. The molecule has 8 heteroatoms. The van der Waals surface area contributed by atoms with Crippen LogP contribution in [0.5, 0.6) is 23.0 Å². The van der Waals surface area contributed by atoms with E-state index < -0.39 is 9.85 Å². The van der Waals surface area contributed by atoms with Crippen LogP contribution in [-0.2, 0) is 0 Å². The van der Waals surface area contributed by atoms with E-state index in [1.807, 2.05) is 24.3 Å². The van der Waals surface area contributed by atoms with Gasteiger partial charge in [0.05, 0.1) is 9.85 Å². The normalized spacial score (nSPS) is 12.4. The van der Waals surface area contributed by atoms with Crippen LogP contribution in [0.4, 0.5) is 11.4 Å². The van der Waals surface area contributed by atoms with Crippen molar-refractivity contribution in [1.29, 1.82) is 0 Å². The zero-order valence-electron chi connectivity index (χ0n) is 21.2. The van der Waals surface area contributed by atoms with Crippen LogP contribution in [0.3, 0.4) is 0 Å². The molecule has 0 bridgehead atoms. The highest BCUT2D eigenvalue weighted by molar-refractivity contribution is 5.41. The Balaban J connectivity index is 1.35. The van der Waals surface area contributed by atoms with Gasteiger partial charge in [-0.1, -0.05) is 38.1 Å². The van der Waals surface area contributed by atoms with Gasteiger partial charge in [-0.2, -0.15) is 0 Å². The molecule has 0 fully saturated rings. The highest BCUT2D eigenvalue weighted by atomic mass is 16.6. The molecule has 2 atom stereocenters. The van der Waals surface area contributed by atoms with Crippen molar-refractivity contribution in [3.05, 3.63) is 128 Å². The SMILES string of the molecule is CCC(CC(C)c1ccc(Oc2ccc([N+](=O)[O-])cc2)cc1)c1ccc(Oc2ccc([N+](=O)[O-])cc2)cc1. The quantitative estimate of drug-likeness (QED) is 0.147.